The molecule has 2 aromatic carbocycles. The van der Waals surface area contributed by atoms with Crippen molar-refractivity contribution < 1.29 is 22.5 Å². The molecule has 0 aliphatic rings. The fraction of sp³-hybridized carbons (Fsp3) is 0.158. The molecular formula is C19H17FN4O5S2. The van der Waals surface area contributed by atoms with E-state index in [-0.39, 0.29) is 16.4 Å². The van der Waals surface area contributed by atoms with Crippen LogP contribution in [0, 0.1) is 22.9 Å². The van der Waals surface area contributed by atoms with E-state index in [1.807, 2.05) is 0 Å². The lowest BCUT2D eigenvalue weighted by Crippen LogP contribution is -2.24. The fourth-order valence-electron chi connectivity index (χ4n) is 2.64. The van der Waals surface area contributed by atoms with Gasteiger partial charge in [0.25, 0.3) is 11.6 Å². The molecule has 0 saturated heterocycles. The number of sulfonamides is 1. The number of nitro groups is 1. The molecule has 0 aliphatic heterocycles. The third-order valence-corrected chi connectivity index (χ3v) is 6.97. The van der Waals surface area contributed by atoms with Gasteiger partial charge in [0.1, 0.15) is 10.7 Å². The summed E-state index contributed by atoms with van der Waals surface area (Å²) in [5, 5.41) is 15.5. The van der Waals surface area contributed by atoms with Crippen LogP contribution in [0.3, 0.4) is 0 Å². The summed E-state index contributed by atoms with van der Waals surface area (Å²) in [7, 11) is -1.56. The van der Waals surface area contributed by atoms with E-state index in [2.05, 4.69) is 10.3 Å². The standard InChI is InChI=1S/C19H17FN4O5S2/c1-11-4-5-12(8-16(11)24(26)27)15-10-30-19(21-15)22-18(25)13-6-7-14(20)17(9-13)31(28,29)23(2)3/h4-10H,1-3H3,(H,21,22,25). The number of halogens is 1. The third kappa shape index (κ3) is 4.60. The second kappa shape index (κ2) is 8.49. The van der Waals surface area contributed by atoms with E-state index in [4.69, 9.17) is 0 Å². The Morgan fingerprint density at radius 1 is 1.23 bits per heavy atom. The number of aryl methyl sites for hydroxylation is 1. The molecule has 12 heteroatoms. The van der Waals surface area contributed by atoms with Crippen LogP contribution in [0.1, 0.15) is 15.9 Å². The smallest absolute Gasteiger partial charge is 0.272 e. The second-order valence-corrected chi connectivity index (χ2v) is 9.66. The topological polar surface area (TPSA) is 123 Å². The van der Waals surface area contributed by atoms with E-state index in [9.17, 15) is 27.7 Å². The molecule has 0 bridgehead atoms. The highest BCUT2D eigenvalue weighted by Gasteiger charge is 2.24. The molecule has 1 heterocycles. The number of aromatic nitrogens is 1. The number of rotatable bonds is 6. The average molecular weight is 465 g/mol. The number of nitrogens with one attached hydrogen (secondary N) is 1. The molecule has 0 radical (unpaired) electrons. The number of anilines is 1. The van der Waals surface area contributed by atoms with Crippen LogP contribution in [0.4, 0.5) is 15.2 Å². The Morgan fingerprint density at radius 2 is 1.94 bits per heavy atom. The highest BCUT2D eigenvalue weighted by atomic mass is 32.2. The molecule has 0 aliphatic carbocycles. The minimum atomic E-state index is -4.07. The SMILES string of the molecule is Cc1ccc(-c2csc(NC(=O)c3ccc(F)c(S(=O)(=O)N(C)C)c3)n2)cc1[N+](=O)[O-]. The highest BCUT2D eigenvalue weighted by molar-refractivity contribution is 7.89. The number of hydrogen-bond acceptors (Lipinski definition) is 7. The van der Waals surface area contributed by atoms with E-state index in [0.717, 1.165) is 33.8 Å². The van der Waals surface area contributed by atoms with Crippen molar-refractivity contribution in [1.82, 2.24) is 9.29 Å². The zero-order valence-corrected chi connectivity index (χ0v) is 18.3. The Balaban J connectivity index is 1.86. The highest BCUT2D eigenvalue weighted by Crippen LogP contribution is 2.29. The lowest BCUT2D eigenvalue weighted by Gasteiger charge is -2.13. The van der Waals surface area contributed by atoms with Gasteiger partial charge in [-0.2, -0.15) is 0 Å². The van der Waals surface area contributed by atoms with Crippen LogP contribution in [0.2, 0.25) is 0 Å². The van der Waals surface area contributed by atoms with Crippen LogP contribution >= 0.6 is 11.3 Å². The van der Waals surface area contributed by atoms with Gasteiger partial charge in [-0.1, -0.05) is 12.1 Å². The molecule has 0 unspecified atom stereocenters. The van der Waals surface area contributed by atoms with Crippen LogP contribution in [0.15, 0.2) is 46.7 Å². The Hall–Kier alpha value is -3.22. The van der Waals surface area contributed by atoms with Crippen LogP contribution in [-0.4, -0.2) is 42.6 Å². The molecule has 9 nitrogen and oxygen atoms in total. The van der Waals surface area contributed by atoms with E-state index in [0.29, 0.717) is 16.8 Å². The van der Waals surface area contributed by atoms with Gasteiger partial charge < -0.3 is 0 Å². The van der Waals surface area contributed by atoms with Crippen molar-refractivity contribution in [3.8, 4) is 11.3 Å². The van der Waals surface area contributed by atoms with Gasteiger partial charge in [-0.3, -0.25) is 20.2 Å². The van der Waals surface area contributed by atoms with Crippen molar-refractivity contribution in [2.75, 3.05) is 19.4 Å². The van der Waals surface area contributed by atoms with Crippen LogP contribution < -0.4 is 5.32 Å². The number of hydrogen-bond donors (Lipinski definition) is 1. The summed E-state index contributed by atoms with van der Waals surface area (Å²) in [5.41, 5.74) is 1.34. The van der Waals surface area contributed by atoms with E-state index >= 15 is 0 Å². The Labute approximate surface area is 181 Å². The maximum absolute atomic E-state index is 14.0. The molecule has 0 spiro atoms. The first-order valence-corrected chi connectivity index (χ1v) is 11.1. The molecule has 0 atom stereocenters. The monoisotopic (exact) mass is 464 g/mol. The first-order valence-electron chi connectivity index (χ1n) is 8.75. The summed E-state index contributed by atoms with van der Waals surface area (Å²) in [6, 6.07) is 7.71. The Bertz CT molecular complexity index is 1290. The van der Waals surface area contributed by atoms with Crippen molar-refractivity contribution in [3.05, 3.63) is 68.8 Å². The molecule has 3 aromatic rings. The summed E-state index contributed by atoms with van der Waals surface area (Å²) < 4.78 is 39.4. The Morgan fingerprint density at radius 3 is 2.58 bits per heavy atom. The summed E-state index contributed by atoms with van der Waals surface area (Å²) in [4.78, 5) is 26.8. The molecule has 1 N–H and O–H groups in total. The molecule has 0 saturated carbocycles. The summed E-state index contributed by atoms with van der Waals surface area (Å²) in [6.45, 7) is 1.63. The largest absolute Gasteiger partial charge is 0.298 e. The molecule has 3 rings (SSSR count). The van der Waals surface area contributed by atoms with Gasteiger partial charge in [0.05, 0.1) is 10.6 Å². The van der Waals surface area contributed by atoms with Crippen molar-refractivity contribution in [3.63, 3.8) is 0 Å². The van der Waals surface area contributed by atoms with E-state index in [1.165, 1.54) is 20.2 Å². The third-order valence-electron chi connectivity index (χ3n) is 4.38. The minimum Gasteiger partial charge on any atom is -0.298 e. The van der Waals surface area contributed by atoms with Crippen molar-refractivity contribution in [2.45, 2.75) is 11.8 Å². The number of benzene rings is 2. The zero-order valence-electron chi connectivity index (χ0n) is 16.6. The van der Waals surface area contributed by atoms with Gasteiger partial charge >= 0.3 is 0 Å². The maximum atomic E-state index is 14.0. The predicted octanol–water partition coefficient (Wildman–Crippen LogP) is 3.67. The maximum Gasteiger partial charge on any atom is 0.272 e. The molecule has 162 valence electrons. The minimum absolute atomic E-state index is 0.0444. The summed E-state index contributed by atoms with van der Waals surface area (Å²) in [5.74, 6) is -1.64. The molecule has 1 amide bonds. The summed E-state index contributed by atoms with van der Waals surface area (Å²) >= 11 is 1.09. The van der Waals surface area contributed by atoms with E-state index < -0.39 is 31.6 Å². The van der Waals surface area contributed by atoms with Gasteiger partial charge in [-0.05, 0) is 25.1 Å². The van der Waals surface area contributed by atoms with Gasteiger partial charge in [0.15, 0.2) is 5.13 Å². The van der Waals surface area contributed by atoms with Crippen molar-refractivity contribution >= 4 is 38.1 Å². The summed E-state index contributed by atoms with van der Waals surface area (Å²) in [6.07, 6.45) is 0. The van der Waals surface area contributed by atoms with Crippen LogP contribution in [0.5, 0.6) is 0 Å². The van der Waals surface area contributed by atoms with Gasteiger partial charge in [0, 0.05) is 42.2 Å². The van der Waals surface area contributed by atoms with Gasteiger partial charge in [-0.15, -0.1) is 11.3 Å². The number of amides is 1. The molecule has 31 heavy (non-hydrogen) atoms. The Kier molecular flexibility index (Phi) is 6.15. The second-order valence-electron chi connectivity index (χ2n) is 6.68. The zero-order chi connectivity index (χ0) is 22.9. The average Bonchev–Trinajstić information content (AvgIpc) is 3.16. The number of thiazole rings is 1. The van der Waals surface area contributed by atoms with Crippen LogP contribution in [0.25, 0.3) is 11.3 Å². The molecular weight excluding hydrogens is 447 g/mol. The lowest BCUT2D eigenvalue weighted by molar-refractivity contribution is -0.385. The van der Waals surface area contributed by atoms with Crippen molar-refractivity contribution in [2.24, 2.45) is 0 Å². The number of carbonyl (C=O) groups excluding carboxylic acids is 1. The first-order chi connectivity index (χ1) is 14.5. The number of carbonyl (C=O) groups is 1. The first kappa shape index (κ1) is 22.5. The van der Waals surface area contributed by atoms with Gasteiger partial charge in [0.2, 0.25) is 10.0 Å². The molecule has 1 aromatic heterocycles. The van der Waals surface area contributed by atoms with Crippen molar-refractivity contribution in [1.29, 1.82) is 0 Å². The molecule has 0 fully saturated rings. The number of nitrogens with zero attached hydrogens (tertiary/aromatic N) is 3. The normalized spacial score (nSPS) is 11.5. The predicted molar refractivity (Wildman–Crippen MR) is 114 cm³/mol. The quantitative estimate of drug-likeness (QED) is 0.439. The van der Waals surface area contributed by atoms with E-state index in [1.54, 1.807) is 24.4 Å². The lowest BCUT2D eigenvalue weighted by atomic mass is 10.1. The number of nitro benzene ring substituents is 1. The fourth-order valence-corrected chi connectivity index (χ4v) is 4.34. The van der Waals surface area contributed by atoms with Crippen LogP contribution in [-0.2, 0) is 10.0 Å². The van der Waals surface area contributed by atoms with Gasteiger partial charge in [-0.25, -0.2) is 22.1 Å².